The molecule has 4 amide bonds. The SMILES string of the molecule is O=C(Nc1cc(C2CCCNC2)nc2c(C3CC3)cnn12)c1cccnc1.O=C(Nc1cc(C2CCNCC2)nc2c(C3CC3)cnn12)c1cccnc1.O=C(Nc1cc(N[C@@H]2CCCC[C@@H]2CO)nc2c(C3CC3)cnn12)c1cccnc1.O=C(Nc1cc(N[C@@H]2CCCC[C@H]2CO)nc2c(C3CC3)cnn12)c1cccnc1.O=S(=O)(Nc1cc(C2CCNCC2)nc2c(C3CC3)cnn12)c1cccnc1. The van der Waals surface area contributed by atoms with Gasteiger partial charge in [-0.05, 0) is 251 Å². The van der Waals surface area contributed by atoms with Gasteiger partial charge < -0.3 is 58.1 Å². The number of rotatable bonds is 25. The number of aliphatic hydroxyl groups is 2. The van der Waals surface area contributed by atoms with Crippen molar-refractivity contribution in [3.8, 4) is 0 Å². The molecule has 18 heterocycles. The monoisotopic (exact) mass is 1930 g/mol. The van der Waals surface area contributed by atoms with Crippen LogP contribution in [0.1, 0.15) is 288 Å². The second-order valence-corrected chi connectivity index (χ2v) is 40.6. The third kappa shape index (κ3) is 22.0. The Morgan fingerprint density at radius 2 is 0.641 bits per heavy atom. The standard InChI is InChI=1S/2C22H26N6O2.2C20H22N6O.C19H22N6O2S/c2*29-13-16-4-1-2-6-18(16)25-19-10-20(27-22(30)15-5-3-9-23-11-15)28-21(26-19)17(12-24-28)14-7-8-14;27-20(15-4-2-8-22-11-15)25-18-9-17(14-3-1-7-21-10-14)24-19-16(13-5-6-13)12-23-26(18)19;27-20(15-2-1-7-22-11-15)25-18-10-17(14-5-8-21-9-6-14)24-19-16(13-3-4-13)12-23-26(18)19;26-28(27,15-2-1-7-21-11-15)24-18-10-17(14-5-8-20-9-6-14)23-19-16(13-3-4-13)12-22-25(18)19/h2*3,5,9-12,14,16,18,29H,1-2,4,6-8,13H2,(H,25,26)(H,27,30);2,4,8-9,11-14,21H,1,3,5-7,10H2,(H,25,27);1-2,7,10-14,21H,3-6,8-9H2,(H,25,27);1-2,7,10-14,20,24H,3-6,8-9H2/t16-,18+;16-,18-;;;/m01.../s1. The number of aromatic nitrogens is 20. The van der Waals surface area contributed by atoms with Crippen molar-refractivity contribution in [1.82, 2.24) is 114 Å². The molecule has 10 aliphatic rings. The van der Waals surface area contributed by atoms with Crippen LogP contribution in [0.15, 0.2) is 189 Å². The number of nitrogens with zero attached hydrogens (tertiary/aromatic N) is 20. The number of aliphatic hydroxyl groups excluding tert-OH is 2. The minimum absolute atomic E-state index is 0.123. The molecule has 15 aromatic heterocycles. The van der Waals surface area contributed by atoms with Crippen molar-refractivity contribution in [3.05, 3.63) is 251 Å². The number of carbonyl (C=O) groups excluding carboxylic acids is 4. The fourth-order valence-electron chi connectivity index (χ4n) is 20.0. The van der Waals surface area contributed by atoms with Crippen LogP contribution >= 0.6 is 0 Å². The van der Waals surface area contributed by atoms with Crippen LogP contribution in [0, 0.1) is 11.8 Å². The summed E-state index contributed by atoms with van der Waals surface area (Å²) in [5, 5.41) is 71.3. The lowest BCUT2D eigenvalue weighted by Crippen LogP contribution is -2.34. The summed E-state index contributed by atoms with van der Waals surface area (Å²) in [6.07, 6.45) is 51.7. The predicted molar refractivity (Wildman–Crippen MR) is 536 cm³/mol. The molecule has 10 fully saturated rings. The molecule has 3 aliphatic heterocycles. The molecule has 7 saturated carbocycles. The largest absolute Gasteiger partial charge is 0.396 e. The van der Waals surface area contributed by atoms with E-state index in [0.717, 1.165) is 230 Å². The molecule has 5 atom stereocenters. The molecular weight excluding hydrogens is 1820 g/mol. The topological polar surface area (TPSA) is 479 Å². The van der Waals surface area contributed by atoms with Crippen molar-refractivity contribution in [2.75, 3.05) is 89.1 Å². The van der Waals surface area contributed by atoms with Gasteiger partial charge in [0, 0.05) is 193 Å². The summed E-state index contributed by atoms with van der Waals surface area (Å²) in [5.74, 6) is 7.57. The zero-order valence-corrected chi connectivity index (χ0v) is 79.9. The van der Waals surface area contributed by atoms with E-state index in [-0.39, 0.29) is 65.7 Å². The first-order valence-electron chi connectivity index (χ1n) is 50.2. The third-order valence-electron chi connectivity index (χ3n) is 28.7. The summed E-state index contributed by atoms with van der Waals surface area (Å²) in [4.78, 5) is 95.5. The van der Waals surface area contributed by atoms with E-state index in [1.165, 1.54) is 49.1 Å². The number of pyridine rings is 5. The smallest absolute Gasteiger partial charge is 0.264 e. The molecule has 0 radical (unpaired) electrons. The highest BCUT2D eigenvalue weighted by Crippen LogP contribution is 2.48. The van der Waals surface area contributed by atoms with E-state index in [2.05, 4.69) is 103 Å². The van der Waals surface area contributed by atoms with Gasteiger partial charge in [0.2, 0.25) is 0 Å². The van der Waals surface area contributed by atoms with E-state index in [0.29, 0.717) is 110 Å². The van der Waals surface area contributed by atoms with E-state index in [1.54, 1.807) is 133 Å². The first kappa shape index (κ1) is 94.1. The maximum Gasteiger partial charge on any atom is 0.264 e. The lowest BCUT2D eigenvalue weighted by Gasteiger charge is -2.31. The third-order valence-corrected chi connectivity index (χ3v) is 30.0. The number of sulfonamides is 1. The minimum atomic E-state index is -3.76. The predicted octanol–water partition coefficient (Wildman–Crippen LogP) is 14.1. The summed E-state index contributed by atoms with van der Waals surface area (Å²) in [6, 6.07) is 26.9. The first-order valence-corrected chi connectivity index (χ1v) is 51.7. The Kier molecular flexibility index (Phi) is 28.3. The zero-order chi connectivity index (χ0) is 96.6. The van der Waals surface area contributed by atoms with Crippen LogP contribution in [-0.4, -0.2) is 205 Å². The fraction of sp³-hybridized carbons (Fsp3) is 0.427. The Morgan fingerprint density at radius 1 is 0.324 bits per heavy atom. The number of hydrogen-bond donors (Lipinski definition) is 12. The Labute approximate surface area is 820 Å². The van der Waals surface area contributed by atoms with Crippen molar-refractivity contribution in [2.24, 2.45) is 11.8 Å². The number of carbonyl (C=O) groups is 4. The second kappa shape index (κ2) is 42.7. The molecule has 0 spiro atoms. The summed E-state index contributed by atoms with van der Waals surface area (Å²) < 4.78 is 37.0. The number of piperidine rings is 3. The molecule has 39 heteroatoms. The molecule has 12 N–H and O–H groups in total. The maximum absolute atomic E-state index is 12.9. The maximum atomic E-state index is 12.9. The second-order valence-electron chi connectivity index (χ2n) is 38.9. The molecule has 0 bridgehead atoms. The van der Waals surface area contributed by atoms with E-state index < -0.39 is 10.0 Å². The van der Waals surface area contributed by atoms with Crippen molar-refractivity contribution in [2.45, 2.75) is 218 Å². The molecular formula is C103H118N30O8S. The number of hydrogen-bond acceptors (Lipinski definition) is 28. The Morgan fingerprint density at radius 3 is 0.958 bits per heavy atom. The van der Waals surface area contributed by atoms with E-state index in [1.807, 2.05) is 61.3 Å². The normalized spacial score (nSPS) is 19.9. The molecule has 38 nitrogen and oxygen atoms in total. The molecule has 1 unspecified atom stereocenters. The number of anilines is 7. The highest BCUT2D eigenvalue weighted by Gasteiger charge is 2.37. The number of fused-ring (bicyclic) bond motifs is 5. The van der Waals surface area contributed by atoms with Gasteiger partial charge in [-0.3, -0.25) is 48.8 Å². The Bertz CT molecular complexity index is 6770. The highest BCUT2D eigenvalue weighted by atomic mass is 32.2. The summed E-state index contributed by atoms with van der Waals surface area (Å²) in [5.41, 5.74) is 14.9. The molecule has 7 aliphatic carbocycles. The van der Waals surface area contributed by atoms with E-state index in [9.17, 15) is 37.8 Å². The summed E-state index contributed by atoms with van der Waals surface area (Å²) >= 11 is 0. The van der Waals surface area contributed by atoms with Gasteiger partial charge in [-0.25, -0.2) is 33.3 Å². The van der Waals surface area contributed by atoms with Gasteiger partial charge in [0.1, 0.15) is 45.6 Å². The van der Waals surface area contributed by atoms with Crippen molar-refractivity contribution in [3.63, 3.8) is 0 Å². The molecule has 734 valence electrons. The van der Waals surface area contributed by atoms with Gasteiger partial charge in [0.05, 0.1) is 58.9 Å². The summed E-state index contributed by atoms with van der Waals surface area (Å²) in [7, 11) is -3.76. The highest BCUT2D eigenvalue weighted by molar-refractivity contribution is 7.92. The average Bonchev–Trinajstić information content (AvgIpc) is 1.65. The van der Waals surface area contributed by atoms with Gasteiger partial charge in [-0.2, -0.15) is 48.1 Å². The Hall–Kier alpha value is -14.1. The summed E-state index contributed by atoms with van der Waals surface area (Å²) in [6.45, 7) is 6.23. The van der Waals surface area contributed by atoms with E-state index in [4.69, 9.17) is 24.9 Å². The van der Waals surface area contributed by atoms with Crippen LogP contribution < -0.4 is 52.6 Å². The average molecular weight is 1940 g/mol. The molecule has 0 aromatic carbocycles. The zero-order valence-electron chi connectivity index (χ0n) is 79.1. The van der Waals surface area contributed by atoms with E-state index >= 15 is 0 Å². The van der Waals surface area contributed by atoms with Crippen LogP contribution in [-0.2, 0) is 10.0 Å². The van der Waals surface area contributed by atoms with Crippen LogP contribution in [0.25, 0.3) is 28.2 Å². The fourth-order valence-corrected chi connectivity index (χ4v) is 21.0. The number of amides is 4. The first-order chi connectivity index (χ1) is 69.7. The van der Waals surface area contributed by atoms with Crippen LogP contribution in [0.5, 0.6) is 0 Å². The van der Waals surface area contributed by atoms with Gasteiger partial charge in [-0.1, -0.05) is 25.7 Å². The van der Waals surface area contributed by atoms with Crippen molar-refractivity contribution in [1.29, 1.82) is 0 Å². The molecule has 25 rings (SSSR count). The molecule has 3 saturated heterocycles. The molecule has 142 heavy (non-hydrogen) atoms. The molecule has 15 aromatic rings. The minimum Gasteiger partial charge on any atom is -0.396 e. The van der Waals surface area contributed by atoms with Gasteiger partial charge in [-0.15, -0.1) is 0 Å². The van der Waals surface area contributed by atoms with Gasteiger partial charge >= 0.3 is 0 Å². The van der Waals surface area contributed by atoms with Crippen LogP contribution in [0.2, 0.25) is 0 Å². The Balaban J connectivity index is 0.000000105. The lowest BCUT2D eigenvalue weighted by molar-refractivity contribution is 0.101. The number of nitrogens with one attached hydrogen (secondary N) is 10. The van der Waals surface area contributed by atoms with Gasteiger partial charge in [0.25, 0.3) is 33.7 Å². The van der Waals surface area contributed by atoms with Crippen molar-refractivity contribution < 1.29 is 37.8 Å². The van der Waals surface area contributed by atoms with Crippen LogP contribution in [0.3, 0.4) is 0 Å². The quantitative estimate of drug-likeness (QED) is 0.0253. The van der Waals surface area contributed by atoms with Crippen LogP contribution in [0.4, 0.5) is 40.7 Å². The van der Waals surface area contributed by atoms with Crippen molar-refractivity contribution >= 4 is 103 Å². The lowest BCUT2D eigenvalue weighted by atomic mass is 9.85. The van der Waals surface area contributed by atoms with Gasteiger partial charge in [0.15, 0.2) is 28.2 Å².